The molecule has 0 unspecified atom stereocenters. The summed E-state index contributed by atoms with van der Waals surface area (Å²) in [6.45, 7) is 0. The number of phenols is 1. The maximum atomic E-state index is 10.3. The van der Waals surface area contributed by atoms with Crippen LogP contribution in [0.15, 0.2) is 24.3 Å². The van der Waals surface area contributed by atoms with E-state index in [1.807, 2.05) is 0 Å². The molecule has 0 saturated carbocycles. The van der Waals surface area contributed by atoms with Crippen LogP contribution in [0.3, 0.4) is 0 Å². The predicted molar refractivity (Wildman–Crippen MR) is 43.0 cm³/mol. The van der Waals surface area contributed by atoms with Gasteiger partial charge in [0.1, 0.15) is 11.3 Å². The van der Waals surface area contributed by atoms with Gasteiger partial charge in [0.2, 0.25) is 0 Å². The number of rotatable bonds is 1. The minimum Gasteiger partial charge on any atom is -1.00 e. The first-order chi connectivity index (χ1) is 4.72. The standard InChI is InChI=1S/C7H6O3.Mg.2H/c8-6-4-2-1-3-5(6)7(9)10;;;/h1-4,8H,(H,9,10);;;/q;+2;2*-1. The molecule has 0 saturated heterocycles. The molecule has 0 spiro atoms. The Hall–Kier alpha value is -0.744. The number of carbonyl (C=O) groups is 1. The van der Waals surface area contributed by atoms with Crippen molar-refractivity contribution in [2.75, 3.05) is 0 Å². The summed E-state index contributed by atoms with van der Waals surface area (Å²) in [7, 11) is 0. The molecule has 0 heterocycles. The van der Waals surface area contributed by atoms with Crippen LogP contribution in [0.4, 0.5) is 0 Å². The number of benzene rings is 1. The van der Waals surface area contributed by atoms with Crippen LogP contribution in [0.1, 0.15) is 13.2 Å². The van der Waals surface area contributed by atoms with Gasteiger partial charge in [0.25, 0.3) is 0 Å². The van der Waals surface area contributed by atoms with E-state index in [-0.39, 0.29) is 37.2 Å². The van der Waals surface area contributed by atoms with Gasteiger partial charge in [-0.15, -0.1) is 0 Å². The van der Waals surface area contributed by atoms with Crippen molar-refractivity contribution < 1.29 is 17.9 Å². The molecule has 56 valence electrons. The second-order valence-electron chi connectivity index (χ2n) is 1.82. The van der Waals surface area contributed by atoms with Gasteiger partial charge in [-0.05, 0) is 12.1 Å². The smallest absolute Gasteiger partial charge is 1.00 e. The summed E-state index contributed by atoms with van der Waals surface area (Å²) in [6, 6.07) is 5.81. The van der Waals surface area contributed by atoms with Crippen LogP contribution in [0.5, 0.6) is 5.75 Å². The third kappa shape index (κ3) is 2.40. The molecule has 0 aliphatic carbocycles. The Morgan fingerprint density at radius 3 is 2.27 bits per heavy atom. The number of hydrogen-bond donors (Lipinski definition) is 2. The monoisotopic (exact) mass is 164 g/mol. The van der Waals surface area contributed by atoms with Crippen molar-refractivity contribution in [3.8, 4) is 5.75 Å². The molecule has 1 aromatic carbocycles. The van der Waals surface area contributed by atoms with E-state index < -0.39 is 5.97 Å². The van der Waals surface area contributed by atoms with E-state index in [9.17, 15) is 4.79 Å². The molecule has 1 rings (SSSR count). The van der Waals surface area contributed by atoms with Gasteiger partial charge in [-0.25, -0.2) is 4.79 Å². The molecule has 0 amide bonds. The quantitative estimate of drug-likeness (QED) is 0.607. The van der Waals surface area contributed by atoms with E-state index in [2.05, 4.69) is 0 Å². The second kappa shape index (κ2) is 4.20. The fraction of sp³-hybridized carbons (Fsp3) is 0. The molecular weight excluding hydrogens is 156 g/mol. The first-order valence-corrected chi connectivity index (χ1v) is 2.73. The topological polar surface area (TPSA) is 57.5 Å². The van der Waals surface area contributed by atoms with Gasteiger partial charge in [0, 0.05) is 0 Å². The maximum Gasteiger partial charge on any atom is 2.00 e. The van der Waals surface area contributed by atoms with Crippen LogP contribution in [0.25, 0.3) is 0 Å². The first-order valence-electron chi connectivity index (χ1n) is 2.73. The van der Waals surface area contributed by atoms with E-state index in [1.54, 1.807) is 12.1 Å². The Bertz CT molecular complexity index is 268. The van der Waals surface area contributed by atoms with Crippen molar-refractivity contribution in [2.45, 2.75) is 0 Å². The summed E-state index contributed by atoms with van der Waals surface area (Å²) < 4.78 is 0. The Kier molecular flexibility index (Phi) is 3.92. The van der Waals surface area contributed by atoms with E-state index in [0.717, 1.165) is 0 Å². The van der Waals surface area contributed by atoms with Gasteiger partial charge in [-0.1, -0.05) is 12.1 Å². The SMILES string of the molecule is O=C(O)c1ccccc1O.[H-].[H-].[Mg+2]. The van der Waals surface area contributed by atoms with Crippen LogP contribution in [0, 0.1) is 0 Å². The third-order valence-electron chi connectivity index (χ3n) is 1.13. The fourth-order valence-corrected chi connectivity index (χ4v) is 0.654. The van der Waals surface area contributed by atoms with E-state index >= 15 is 0 Å². The summed E-state index contributed by atoms with van der Waals surface area (Å²) in [6.07, 6.45) is 0. The Balaban J connectivity index is -0.000000333. The summed E-state index contributed by atoms with van der Waals surface area (Å²) in [5.41, 5.74) is -0.0671. The number of para-hydroxylation sites is 1. The average molecular weight is 164 g/mol. The zero-order chi connectivity index (χ0) is 7.56. The van der Waals surface area contributed by atoms with Gasteiger partial charge in [-0.2, -0.15) is 0 Å². The number of aromatic carboxylic acids is 1. The van der Waals surface area contributed by atoms with Crippen LogP contribution in [-0.2, 0) is 0 Å². The van der Waals surface area contributed by atoms with E-state index in [4.69, 9.17) is 10.2 Å². The van der Waals surface area contributed by atoms with E-state index in [1.165, 1.54) is 12.1 Å². The largest absolute Gasteiger partial charge is 2.00 e. The normalized spacial score (nSPS) is 8.36. The Morgan fingerprint density at radius 2 is 1.91 bits per heavy atom. The zero-order valence-electron chi connectivity index (χ0n) is 7.82. The number of hydrogen-bond acceptors (Lipinski definition) is 2. The summed E-state index contributed by atoms with van der Waals surface area (Å²) in [4.78, 5) is 10.3. The number of carboxylic acids is 1. The summed E-state index contributed by atoms with van der Waals surface area (Å²) in [5.74, 6) is -1.31. The zero-order valence-corrected chi connectivity index (χ0v) is 7.23. The van der Waals surface area contributed by atoms with Gasteiger partial charge in [0.15, 0.2) is 0 Å². The van der Waals surface area contributed by atoms with Gasteiger partial charge < -0.3 is 13.1 Å². The van der Waals surface area contributed by atoms with Crippen LogP contribution < -0.4 is 0 Å². The molecular formula is C7H8MgO3. The molecule has 0 radical (unpaired) electrons. The van der Waals surface area contributed by atoms with Crippen LogP contribution >= 0.6 is 0 Å². The van der Waals surface area contributed by atoms with Crippen molar-refractivity contribution in [3.63, 3.8) is 0 Å². The van der Waals surface area contributed by atoms with Crippen molar-refractivity contribution in [1.82, 2.24) is 0 Å². The average Bonchev–Trinajstić information content (AvgIpc) is 1.88. The van der Waals surface area contributed by atoms with Crippen molar-refractivity contribution in [3.05, 3.63) is 29.8 Å². The maximum absolute atomic E-state index is 10.3. The molecule has 1 aromatic rings. The van der Waals surface area contributed by atoms with Crippen LogP contribution in [-0.4, -0.2) is 39.2 Å². The minimum absolute atomic E-state index is 0. The molecule has 0 atom stereocenters. The number of aromatic hydroxyl groups is 1. The van der Waals surface area contributed by atoms with Gasteiger partial charge in [-0.3, -0.25) is 0 Å². The van der Waals surface area contributed by atoms with E-state index in [0.29, 0.717) is 0 Å². The molecule has 2 N–H and O–H groups in total. The molecule has 3 nitrogen and oxygen atoms in total. The van der Waals surface area contributed by atoms with Crippen molar-refractivity contribution >= 4 is 29.0 Å². The van der Waals surface area contributed by atoms with Crippen LogP contribution in [0.2, 0.25) is 0 Å². The molecule has 0 aliphatic heterocycles. The molecule has 0 aromatic heterocycles. The second-order valence-corrected chi connectivity index (χ2v) is 1.82. The summed E-state index contributed by atoms with van der Waals surface area (Å²) in [5, 5.41) is 17.3. The fourth-order valence-electron chi connectivity index (χ4n) is 0.654. The van der Waals surface area contributed by atoms with Gasteiger partial charge in [0.05, 0.1) is 0 Å². The first kappa shape index (κ1) is 10.3. The predicted octanol–water partition coefficient (Wildman–Crippen LogP) is 0.935. The van der Waals surface area contributed by atoms with Crippen molar-refractivity contribution in [1.29, 1.82) is 0 Å². The Labute approximate surface area is 82.8 Å². The number of carboxylic acid groups (broad SMARTS) is 1. The van der Waals surface area contributed by atoms with Crippen molar-refractivity contribution in [2.24, 2.45) is 0 Å². The summed E-state index contributed by atoms with van der Waals surface area (Å²) >= 11 is 0. The minimum atomic E-state index is -1.11. The molecule has 11 heavy (non-hydrogen) atoms. The molecule has 4 heteroatoms. The van der Waals surface area contributed by atoms with Gasteiger partial charge >= 0.3 is 29.0 Å². The molecule has 0 fully saturated rings. The molecule has 0 bridgehead atoms. The Morgan fingerprint density at radius 1 is 1.36 bits per heavy atom. The molecule has 0 aliphatic rings. The third-order valence-corrected chi connectivity index (χ3v) is 1.13.